The van der Waals surface area contributed by atoms with Gasteiger partial charge in [-0.15, -0.1) is 0 Å². The molecule has 0 heterocycles. The van der Waals surface area contributed by atoms with Gasteiger partial charge in [0.25, 0.3) is 0 Å². The van der Waals surface area contributed by atoms with Crippen LogP contribution in [-0.2, 0) is 10.0 Å². The SMILES string of the molecule is CC(C)CN(C)c1cccc(S(N)(=O)=O)c1N. The average molecular weight is 257 g/mol. The summed E-state index contributed by atoms with van der Waals surface area (Å²) >= 11 is 0. The first-order valence-corrected chi connectivity index (χ1v) is 6.90. The zero-order valence-corrected chi connectivity index (χ0v) is 11.2. The summed E-state index contributed by atoms with van der Waals surface area (Å²) in [6.07, 6.45) is 0. The summed E-state index contributed by atoms with van der Waals surface area (Å²) in [5.74, 6) is 0.456. The van der Waals surface area contributed by atoms with Gasteiger partial charge in [-0.1, -0.05) is 19.9 Å². The summed E-state index contributed by atoms with van der Waals surface area (Å²) < 4.78 is 22.7. The Bertz CT molecular complexity index is 497. The Kier molecular flexibility index (Phi) is 4.00. The second-order valence-corrected chi connectivity index (χ2v) is 6.04. The molecule has 17 heavy (non-hydrogen) atoms. The van der Waals surface area contributed by atoms with E-state index >= 15 is 0 Å². The largest absolute Gasteiger partial charge is 0.396 e. The van der Waals surface area contributed by atoms with Gasteiger partial charge in [-0.3, -0.25) is 0 Å². The number of anilines is 2. The molecule has 0 aliphatic rings. The minimum Gasteiger partial charge on any atom is -0.396 e. The van der Waals surface area contributed by atoms with Crippen LogP contribution in [0.5, 0.6) is 0 Å². The van der Waals surface area contributed by atoms with Crippen molar-refractivity contribution in [3.8, 4) is 0 Å². The zero-order chi connectivity index (χ0) is 13.2. The summed E-state index contributed by atoms with van der Waals surface area (Å²) in [5.41, 5.74) is 6.74. The van der Waals surface area contributed by atoms with Gasteiger partial charge in [0.1, 0.15) is 4.90 Å². The summed E-state index contributed by atoms with van der Waals surface area (Å²) in [5, 5.41) is 5.10. The third kappa shape index (κ3) is 3.34. The second-order valence-electron chi connectivity index (χ2n) is 4.51. The molecule has 5 nitrogen and oxygen atoms in total. The van der Waals surface area contributed by atoms with Gasteiger partial charge in [0.15, 0.2) is 0 Å². The molecule has 0 aromatic heterocycles. The van der Waals surface area contributed by atoms with Crippen LogP contribution >= 0.6 is 0 Å². The Morgan fingerprint density at radius 3 is 2.41 bits per heavy atom. The van der Waals surface area contributed by atoms with E-state index in [4.69, 9.17) is 10.9 Å². The first kappa shape index (κ1) is 13.8. The van der Waals surface area contributed by atoms with Gasteiger partial charge in [0.05, 0.1) is 11.4 Å². The predicted molar refractivity (Wildman–Crippen MR) is 70.3 cm³/mol. The molecular formula is C11H19N3O2S. The molecule has 0 radical (unpaired) electrons. The molecule has 0 spiro atoms. The number of benzene rings is 1. The van der Waals surface area contributed by atoms with E-state index in [9.17, 15) is 8.42 Å². The minimum atomic E-state index is -3.77. The van der Waals surface area contributed by atoms with E-state index in [0.29, 0.717) is 11.6 Å². The maximum Gasteiger partial charge on any atom is 0.240 e. The number of nitrogens with zero attached hydrogens (tertiary/aromatic N) is 1. The highest BCUT2D eigenvalue weighted by atomic mass is 32.2. The molecule has 1 rings (SSSR count). The van der Waals surface area contributed by atoms with E-state index in [1.54, 1.807) is 12.1 Å². The van der Waals surface area contributed by atoms with E-state index in [1.165, 1.54) is 6.07 Å². The number of nitrogens with two attached hydrogens (primary N) is 2. The summed E-state index contributed by atoms with van der Waals surface area (Å²) in [6, 6.07) is 4.84. The third-order valence-corrected chi connectivity index (χ3v) is 3.37. The highest BCUT2D eigenvalue weighted by Gasteiger charge is 2.16. The lowest BCUT2D eigenvalue weighted by molar-refractivity contribution is 0.598. The maximum atomic E-state index is 11.3. The number of sulfonamides is 1. The van der Waals surface area contributed by atoms with Crippen molar-refractivity contribution in [1.29, 1.82) is 0 Å². The van der Waals surface area contributed by atoms with Crippen molar-refractivity contribution in [2.45, 2.75) is 18.7 Å². The van der Waals surface area contributed by atoms with Crippen LogP contribution in [0.1, 0.15) is 13.8 Å². The van der Waals surface area contributed by atoms with Gasteiger partial charge in [-0.05, 0) is 18.1 Å². The number of para-hydroxylation sites is 1. The third-order valence-electron chi connectivity index (χ3n) is 2.40. The van der Waals surface area contributed by atoms with Crippen LogP contribution in [0.2, 0.25) is 0 Å². The van der Waals surface area contributed by atoms with Crippen LogP contribution in [0.4, 0.5) is 11.4 Å². The van der Waals surface area contributed by atoms with Crippen LogP contribution in [0.25, 0.3) is 0 Å². The van der Waals surface area contributed by atoms with Crippen molar-refractivity contribution >= 4 is 21.4 Å². The fourth-order valence-corrected chi connectivity index (χ4v) is 2.44. The highest BCUT2D eigenvalue weighted by molar-refractivity contribution is 7.89. The molecule has 6 heteroatoms. The Morgan fingerprint density at radius 2 is 1.94 bits per heavy atom. The van der Waals surface area contributed by atoms with E-state index in [1.807, 2.05) is 11.9 Å². The topological polar surface area (TPSA) is 89.4 Å². The van der Waals surface area contributed by atoms with E-state index < -0.39 is 10.0 Å². The number of hydrogen-bond acceptors (Lipinski definition) is 4. The van der Waals surface area contributed by atoms with Crippen LogP contribution in [-0.4, -0.2) is 22.0 Å². The molecule has 0 saturated carbocycles. The normalized spacial score (nSPS) is 11.8. The predicted octanol–water partition coefficient (Wildman–Crippen LogP) is 1.01. The molecule has 0 amide bonds. The molecule has 1 aromatic carbocycles. The molecule has 0 aliphatic heterocycles. The number of nitrogen functional groups attached to an aromatic ring is 1. The number of rotatable bonds is 4. The minimum absolute atomic E-state index is 0.0226. The second kappa shape index (κ2) is 4.93. The Morgan fingerprint density at radius 1 is 1.35 bits per heavy atom. The van der Waals surface area contributed by atoms with Gasteiger partial charge in [-0.25, -0.2) is 13.6 Å². The molecule has 0 aliphatic carbocycles. The van der Waals surface area contributed by atoms with Gasteiger partial charge in [0.2, 0.25) is 10.0 Å². The van der Waals surface area contributed by atoms with Crippen LogP contribution in [0.3, 0.4) is 0 Å². The molecule has 0 bridgehead atoms. The lowest BCUT2D eigenvalue weighted by Gasteiger charge is -2.23. The zero-order valence-electron chi connectivity index (χ0n) is 10.3. The summed E-state index contributed by atoms with van der Waals surface area (Å²) in [7, 11) is -1.90. The Labute approximate surface area is 102 Å². The molecule has 96 valence electrons. The van der Waals surface area contributed by atoms with Crippen molar-refractivity contribution in [3.63, 3.8) is 0 Å². The van der Waals surface area contributed by atoms with E-state index in [0.717, 1.165) is 6.54 Å². The highest BCUT2D eigenvalue weighted by Crippen LogP contribution is 2.28. The summed E-state index contributed by atoms with van der Waals surface area (Å²) in [4.78, 5) is 1.90. The maximum absolute atomic E-state index is 11.3. The van der Waals surface area contributed by atoms with Crippen molar-refractivity contribution < 1.29 is 8.42 Å². The van der Waals surface area contributed by atoms with Crippen molar-refractivity contribution in [1.82, 2.24) is 0 Å². The first-order valence-electron chi connectivity index (χ1n) is 5.36. The smallest absolute Gasteiger partial charge is 0.240 e. The molecule has 0 fully saturated rings. The van der Waals surface area contributed by atoms with Crippen molar-refractivity contribution in [3.05, 3.63) is 18.2 Å². The van der Waals surface area contributed by atoms with Crippen LogP contribution in [0.15, 0.2) is 23.1 Å². The van der Waals surface area contributed by atoms with Crippen molar-refractivity contribution in [2.75, 3.05) is 24.2 Å². The molecule has 0 atom stereocenters. The van der Waals surface area contributed by atoms with Crippen LogP contribution in [0, 0.1) is 5.92 Å². The quantitative estimate of drug-likeness (QED) is 0.788. The van der Waals surface area contributed by atoms with Crippen molar-refractivity contribution in [2.24, 2.45) is 11.1 Å². The molecular weight excluding hydrogens is 238 g/mol. The number of primary sulfonamides is 1. The molecule has 1 aromatic rings. The Hall–Kier alpha value is -1.27. The van der Waals surface area contributed by atoms with Gasteiger partial charge >= 0.3 is 0 Å². The monoisotopic (exact) mass is 257 g/mol. The standard InChI is InChI=1S/C11H19N3O2S/c1-8(2)7-14(3)9-5-4-6-10(11(9)12)17(13,15)16/h4-6,8H,7,12H2,1-3H3,(H2,13,15,16). The van der Waals surface area contributed by atoms with Gasteiger partial charge < -0.3 is 10.6 Å². The van der Waals surface area contributed by atoms with E-state index in [2.05, 4.69) is 13.8 Å². The molecule has 0 unspecified atom stereocenters. The van der Waals surface area contributed by atoms with Gasteiger partial charge in [-0.2, -0.15) is 0 Å². The molecule has 4 N–H and O–H groups in total. The average Bonchev–Trinajstić information content (AvgIpc) is 2.14. The lowest BCUT2D eigenvalue weighted by atomic mass is 10.2. The first-order chi connectivity index (χ1) is 7.73. The molecule has 0 saturated heterocycles. The fraction of sp³-hybridized carbons (Fsp3) is 0.455. The lowest BCUT2D eigenvalue weighted by Crippen LogP contribution is -2.24. The van der Waals surface area contributed by atoms with Crippen LogP contribution < -0.4 is 15.8 Å². The summed E-state index contributed by atoms with van der Waals surface area (Å²) in [6.45, 7) is 4.95. The Balaban J connectivity index is 3.20. The van der Waals surface area contributed by atoms with E-state index in [-0.39, 0.29) is 10.6 Å². The van der Waals surface area contributed by atoms with Gasteiger partial charge in [0, 0.05) is 13.6 Å². The fourth-order valence-electron chi connectivity index (χ4n) is 1.76. The number of hydrogen-bond donors (Lipinski definition) is 2.